The first-order valence-electron chi connectivity index (χ1n) is 10.1. The SMILES string of the molecule is Cc1cn2cc(NC(=O)c3ccc(C4CCNCC4)c4cn(C)nc34)cc(F)c2n1. The molecule has 4 heterocycles. The average molecular weight is 406 g/mol. The van der Waals surface area contributed by atoms with E-state index in [-0.39, 0.29) is 11.6 Å². The highest BCUT2D eigenvalue weighted by Crippen LogP contribution is 2.33. The third kappa shape index (κ3) is 3.23. The summed E-state index contributed by atoms with van der Waals surface area (Å²) in [5, 5.41) is 11.8. The molecule has 0 aliphatic carbocycles. The van der Waals surface area contributed by atoms with Crippen molar-refractivity contribution in [3.8, 4) is 0 Å². The number of halogens is 1. The highest BCUT2D eigenvalue weighted by molar-refractivity contribution is 6.12. The summed E-state index contributed by atoms with van der Waals surface area (Å²) in [6.45, 7) is 3.79. The van der Waals surface area contributed by atoms with Gasteiger partial charge in [-0.15, -0.1) is 0 Å². The number of fused-ring (bicyclic) bond motifs is 2. The molecular weight excluding hydrogens is 383 g/mol. The molecule has 7 nitrogen and oxygen atoms in total. The molecule has 0 bridgehead atoms. The van der Waals surface area contributed by atoms with Crippen LogP contribution >= 0.6 is 0 Å². The van der Waals surface area contributed by atoms with Crippen LogP contribution in [0.15, 0.2) is 36.8 Å². The highest BCUT2D eigenvalue weighted by Gasteiger charge is 2.22. The predicted octanol–water partition coefficient (Wildman–Crippen LogP) is 3.39. The summed E-state index contributed by atoms with van der Waals surface area (Å²) < 4.78 is 17.7. The summed E-state index contributed by atoms with van der Waals surface area (Å²) in [6, 6.07) is 5.16. The van der Waals surface area contributed by atoms with Gasteiger partial charge in [0.05, 0.1) is 16.9 Å². The first kappa shape index (κ1) is 18.7. The molecule has 0 atom stereocenters. The predicted molar refractivity (Wildman–Crippen MR) is 113 cm³/mol. The van der Waals surface area contributed by atoms with Gasteiger partial charge in [0.25, 0.3) is 5.91 Å². The third-order valence-electron chi connectivity index (χ3n) is 5.73. The lowest BCUT2D eigenvalue weighted by Gasteiger charge is -2.23. The van der Waals surface area contributed by atoms with Crippen LogP contribution in [-0.2, 0) is 7.05 Å². The van der Waals surface area contributed by atoms with Gasteiger partial charge < -0.3 is 15.0 Å². The Morgan fingerprint density at radius 3 is 2.83 bits per heavy atom. The summed E-state index contributed by atoms with van der Waals surface area (Å²) in [4.78, 5) is 17.2. The van der Waals surface area contributed by atoms with Gasteiger partial charge in [-0.2, -0.15) is 5.10 Å². The van der Waals surface area contributed by atoms with Crippen LogP contribution in [0.25, 0.3) is 16.6 Å². The number of carbonyl (C=O) groups is 1. The van der Waals surface area contributed by atoms with Gasteiger partial charge in [0, 0.05) is 37.1 Å². The summed E-state index contributed by atoms with van der Waals surface area (Å²) >= 11 is 0. The first-order chi connectivity index (χ1) is 14.5. The van der Waals surface area contributed by atoms with Crippen LogP contribution in [0.3, 0.4) is 0 Å². The minimum absolute atomic E-state index is 0.240. The number of amides is 1. The van der Waals surface area contributed by atoms with Crippen LogP contribution in [-0.4, -0.2) is 38.2 Å². The Hall–Kier alpha value is -3.26. The van der Waals surface area contributed by atoms with Crippen molar-refractivity contribution in [2.24, 2.45) is 7.05 Å². The van der Waals surface area contributed by atoms with Gasteiger partial charge in [0.2, 0.25) is 0 Å². The maximum absolute atomic E-state index is 14.4. The van der Waals surface area contributed by atoms with E-state index in [2.05, 4.69) is 20.7 Å². The summed E-state index contributed by atoms with van der Waals surface area (Å²) in [5.41, 5.74) is 3.70. The maximum atomic E-state index is 14.4. The first-order valence-corrected chi connectivity index (χ1v) is 10.1. The number of nitrogens with zero attached hydrogens (tertiary/aromatic N) is 4. The summed E-state index contributed by atoms with van der Waals surface area (Å²) in [5.74, 6) is -0.340. The molecule has 0 saturated carbocycles. The fraction of sp³-hybridized carbons (Fsp3) is 0.318. The molecule has 1 aromatic carbocycles. The van der Waals surface area contributed by atoms with Gasteiger partial charge in [0.15, 0.2) is 11.5 Å². The van der Waals surface area contributed by atoms with Crippen molar-refractivity contribution < 1.29 is 9.18 Å². The second kappa shape index (κ2) is 7.21. The molecule has 0 unspecified atom stereocenters. The molecule has 1 aliphatic heterocycles. The molecule has 0 spiro atoms. The average Bonchev–Trinajstić information content (AvgIpc) is 3.29. The van der Waals surface area contributed by atoms with E-state index >= 15 is 0 Å². The zero-order valence-corrected chi connectivity index (χ0v) is 16.9. The quantitative estimate of drug-likeness (QED) is 0.547. The van der Waals surface area contributed by atoms with Crippen molar-refractivity contribution in [2.45, 2.75) is 25.7 Å². The number of anilines is 1. The molecule has 0 radical (unpaired) electrons. The van der Waals surface area contributed by atoms with Crippen LogP contribution in [0.5, 0.6) is 0 Å². The monoisotopic (exact) mass is 406 g/mol. The second-order valence-electron chi connectivity index (χ2n) is 7.94. The van der Waals surface area contributed by atoms with E-state index in [1.54, 1.807) is 28.4 Å². The van der Waals surface area contributed by atoms with E-state index in [1.165, 1.54) is 11.6 Å². The Morgan fingerprint density at radius 1 is 1.23 bits per heavy atom. The zero-order valence-electron chi connectivity index (χ0n) is 16.9. The minimum Gasteiger partial charge on any atom is -0.320 e. The second-order valence-corrected chi connectivity index (χ2v) is 7.94. The molecule has 1 saturated heterocycles. The molecule has 2 N–H and O–H groups in total. The van der Waals surface area contributed by atoms with Crippen LogP contribution in [0.2, 0.25) is 0 Å². The van der Waals surface area contributed by atoms with E-state index in [1.807, 2.05) is 25.4 Å². The number of carbonyl (C=O) groups excluding carboxylic acids is 1. The lowest BCUT2D eigenvalue weighted by atomic mass is 9.87. The minimum atomic E-state index is -0.481. The number of imidazole rings is 1. The number of aryl methyl sites for hydroxylation is 2. The van der Waals surface area contributed by atoms with Crippen molar-refractivity contribution in [1.29, 1.82) is 0 Å². The van der Waals surface area contributed by atoms with Crippen molar-refractivity contribution in [2.75, 3.05) is 18.4 Å². The fourth-order valence-corrected chi connectivity index (χ4v) is 4.36. The van der Waals surface area contributed by atoms with E-state index in [9.17, 15) is 9.18 Å². The van der Waals surface area contributed by atoms with E-state index in [4.69, 9.17) is 0 Å². The van der Waals surface area contributed by atoms with Crippen molar-refractivity contribution in [1.82, 2.24) is 24.5 Å². The smallest absolute Gasteiger partial charge is 0.257 e. The highest BCUT2D eigenvalue weighted by atomic mass is 19.1. The molecule has 154 valence electrons. The lowest BCUT2D eigenvalue weighted by Crippen LogP contribution is -2.26. The molecule has 4 aromatic rings. The van der Waals surface area contributed by atoms with Gasteiger partial charge in [-0.25, -0.2) is 9.37 Å². The van der Waals surface area contributed by atoms with E-state index in [0.717, 1.165) is 31.3 Å². The number of hydrogen-bond donors (Lipinski definition) is 2. The molecule has 3 aromatic heterocycles. The van der Waals surface area contributed by atoms with Gasteiger partial charge in [-0.3, -0.25) is 9.48 Å². The van der Waals surface area contributed by atoms with Crippen LogP contribution in [0.1, 0.15) is 40.4 Å². The van der Waals surface area contributed by atoms with Gasteiger partial charge in [0.1, 0.15) is 5.52 Å². The number of aromatic nitrogens is 4. The Bertz CT molecular complexity index is 1270. The molecular formula is C22H23FN6O. The van der Waals surface area contributed by atoms with Crippen molar-refractivity contribution in [3.05, 3.63) is 59.4 Å². The lowest BCUT2D eigenvalue weighted by molar-refractivity contribution is 0.102. The zero-order chi connectivity index (χ0) is 20.8. The Kier molecular flexibility index (Phi) is 4.51. The number of rotatable bonds is 3. The van der Waals surface area contributed by atoms with Gasteiger partial charge in [-0.1, -0.05) is 6.07 Å². The van der Waals surface area contributed by atoms with E-state index < -0.39 is 5.82 Å². The summed E-state index contributed by atoms with van der Waals surface area (Å²) in [7, 11) is 1.86. The third-order valence-corrected chi connectivity index (χ3v) is 5.73. The number of hydrogen-bond acceptors (Lipinski definition) is 4. The Labute approximate surface area is 172 Å². The molecule has 1 fully saturated rings. The summed E-state index contributed by atoms with van der Waals surface area (Å²) in [6.07, 6.45) is 7.50. The topological polar surface area (TPSA) is 76.2 Å². The molecule has 1 aliphatic rings. The van der Waals surface area contributed by atoms with Gasteiger partial charge in [-0.05, 0) is 50.4 Å². The number of benzene rings is 1. The van der Waals surface area contributed by atoms with Crippen LogP contribution in [0, 0.1) is 12.7 Å². The molecule has 30 heavy (non-hydrogen) atoms. The standard InChI is InChI=1S/C22H23FN6O/c1-13-10-29-11-15(9-19(23)21(29)25-13)26-22(30)17-4-3-16(14-5-7-24-8-6-14)18-12-28(2)27-20(17)18/h3-4,9-12,14,24H,5-8H2,1-2H3,(H,26,30). The number of nitrogens with one attached hydrogen (secondary N) is 2. The molecule has 5 rings (SSSR count). The largest absolute Gasteiger partial charge is 0.320 e. The number of pyridine rings is 1. The molecule has 1 amide bonds. The Balaban J connectivity index is 1.51. The molecule has 8 heteroatoms. The number of piperidine rings is 1. The van der Waals surface area contributed by atoms with Crippen molar-refractivity contribution in [3.63, 3.8) is 0 Å². The Morgan fingerprint density at radius 2 is 2.03 bits per heavy atom. The van der Waals surface area contributed by atoms with E-state index in [0.29, 0.717) is 28.4 Å². The normalized spacial score (nSPS) is 15.2. The van der Waals surface area contributed by atoms with Crippen molar-refractivity contribution >= 4 is 28.1 Å². The fourth-order valence-electron chi connectivity index (χ4n) is 4.36. The van der Waals surface area contributed by atoms with Gasteiger partial charge >= 0.3 is 0 Å². The van der Waals surface area contributed by atoms with Crippen LogP contribution < -0.4 is 10.6 Å². The maximum Gasteiger partial charge on any atom is 0.257 e. The van der Waals surface area contributed by atoms with Crippen LogP contribution in [0.4, 0.5) is 10.1 Å².